The average Bonchev–Trinajstić information content (AvgIpc) is 2.43. The fourth-order valence-corrected chi connectivity index (χ4v) is 2.69. The topological polar surface area (TPSA) is 49.4 Å². The van der Waals surface area contributed by atoms with Gasteiger partial charge in [0.15, 0.2) is 0 Å². The molecule has 4 heteroatoms. The van der Waals surface area contributed by atoms with Crippen LogP contribution >= 0.6 is 0 Å². The van der Waals surface area contributed by atoms with Gasteiger partial charge in [-0.15, -0.1) is 0 Å². The van der Waals surface area contributed by atoms with E-state index in [-0.39, 0.29) is 18.4 Å². The molecule has 2 atom stereocenters. The number of amides is 2. The van der Waals surface area contributed by atoms with Crippen LogP contribution in [-0.2, 0) is 9.59 Å². The third-order valence-corrected chi connectivity index (χ3v) is 3.64. The quantitative estimate of drug-likeness (QED) is 0.894. The lowest BCUT2D eigenvalue weighted by molar-refractivity contribution is -0.145. The number of hydrogen-bond donors (Lipinski definition) is 1. The zero-order chi connectivity index (χ0) is 14.5. The zero-order valence-corrected chi connectivity index (χ0v) is 12.1. The highest BCUT2D eigenvalue weighted by Gasteiger charge is 2.33. The van der Waals surface area contributed by atoms with E-state index in [2.05, 4.69) is 19.2 Å². The summed E-state index contributed by atoms with van der Waals surface area (Å²) in [6, 6.07) is 8.88. The molecule has 0 saturated carbocycles. The Morgan fingerprint density at radius 2 is 2.00 bits per heavy atom. The zero-order valence-electron chi connectivity index (χ0n) is 12.1. The first kappa shape index (κ1) is 14.6. The monoisotopic (exact) mass is 274 g/mol. The second-order valence-corrected chi connectivity index (χ2v) is 5.52. The predicted molar refractivity (Wildman–Crippen MR) is 78.0 cm³/mol. The van der Waals surface area contributed by atoms with Crippen LogP contribution in [0, 0.1) is 5.92 Å². The van der Waals surface area contributed by atoms with Crippen LogP contribution in [0.25, 0.3) is 0 Å². The van der Waals surface area contributed by atoms with Crippen molar-refractivity contribution in [1.29, 1.82) is 0 Å². The maximum atomic E-state index is 12.5. The Balaban J connectivity index is 2.11. The maximum Gasteiger partial charge on any atom is 0.250 e. The van der Waals surface area contributed by atoms with Crippen LogP contribution in [0.3, 0.4) is 0 Å². The summed E-state index contributed by atoms with van der Waals surface area (Å²) in [6.07, 6.45) is 2.17. The molecule has 2 amide bonds. The van der Waals surface area contributed by atoms with Crippen LogP contribution in [0.4, 0.5) is 0 Å². The van der Waals surface area contributed by atoms with Crippen molar-refractivity contribution in [3.05, 3.63) is 35.9 Å². The van der Waals surface area contributed by atoms with Gasteiger partial charge in [0.2, 0.25) is 11.8 Å². The van der Waals surface area contributed by atoms with Gasteiger partial charge in [-0.1, -0.05) is 50.6 Å². The molecule has 0 aromatic heterocycles. The van der Waals surface area contributed by atoms with Crippen molar-refractivity contribution in [3.63, 3.8) is 0 Å². The van der Waals surface area contributed by atoms with Gasteiger partial charge in [0, 0.05) is 6.54 Å². The first-order valence-corrected chi connectivity index (χ1v) is 7.25. The lowest BCUT2D eigenvalue weighted by Crippen LogP contribution is -2.54. The summed E-state index contributed by atoms with van der Waals surface area (Å²) >= 11 is 0. The molecule has 0 spiro atoms. The summed E-state index contributed by atoms with van der Waals surface area (Å²) < 4.78 is 0. The number of benzene rings is 1. The lowest BCUT2D eigenvalue weighted by atomic mass is 10.0. The van der Waals surface area contributed by atoms with E-state index in [9.17, 15) is 9.59 Å². The molecule has 1 N–H and O–H groups in total. The van der Waals surface area contributed by atoms with E-state index < -0.39 is 6.04 Å². The first-order chi connectivity index (χ1) is 9.61. The Morgan fingerprint density at radius 3 is 2.65 bits per heavy atom. The summed E-state index contributed by atoms with van der Waals surface area (Å²) in [4.78, 5) is 26.1. The third kappa shape index (κ3) is 3.38. The fourth-order valence-electron chi connectivity index (χ4n) is 2.69. The molecule has 1 saturated heterocycles. The van der Waals surface area contributed by atoms with Crippen LogP contribution in [0.15, 0.2) is 30.3 Å². The van der Waals surface area contributed by atoms with Crippen molar-refractivity contribution in [2.45, 2.75) is 32.7 Å². The molecule has 1 fully saturated rings. The van der Waals surface area contributed by atoms with Crippen molar-refractivity contribution in [1.82, 2.24) is 10.2 Å². The Hall–Kier alpha value is -1.84. The number of nitrogens with zero attached hydrogens (tertiary/aromatic N) is 1. The molecule has 1 heterocycles. The summed E-state index contributed by atoms with van der Waals surface area (Å²) in [7, 11) is 0. The molecule has 1 aliphatic heterocycles. The first-order valence-electron chi connectivity index (χ1n) is 7.25. The molecule has 0 bridgehead atoms. The highest BCUT2D eigenvalue weighted by atomic mass is 16.2. The minimum atomic E-state index is -0.536. The van der Waals surface area contributed by atoms with Gasteiger partial charge in [-0.25, -0.2) is 0 Å². The molecule has 2 rings (SSSR count). The Labute approximate surface area is 120 Å². The molecule has 1 aromatic rings. The van der Waals surface area contributed by atoms with Gasteiger partial charge in [0.05, 0.1) is 6.54 Å². The van der Waals surface area contributed by atoms with Gasteiger partial charge >= 0.3 is 0 Å². The highest BCUT2D eigenvalue weighted by molar-refractivity contribution is 5.95. The van der Waals surface area contributed by atoms with E-state index in [1.54, 1.807) is 4.90 Å². The van der Waals surface area contributed by atoms with Gasteiger partial charge in [0.1, 0.15) is 6.04 Å². The predicted octanol–water partition coefficient (Wildman–Crippen LogP) is 2.12. The molecule has 20 heavy (non-hydrogen) atoms. The molecular formula is C16H22N2O2. The number of rotatable bonds is 5. The van der Waals surface area contributed by atoms with Crippen LogP contribution in [0.1, 0.15) is 38.3 Å². The van der Waals surface area contributed by atoms with Crippen LogP contribution in [0.2, 0.25) is 0 Å². The second kappa shape index (κ2) is 6.55. The normalized spacial score (nSPS) is 20.7. The smallest absolute Gasteiger partial charge is 0.250 e. The van der Waals surface area contributed by atoms with Crippen molar-refractivity contribution in [2.75, 3.05) is 13.1 Å². The van der Waals surface area contributed by atoms with Crippen LogP contribution in [-0.4, -0.2) is 29.8 Å². The highest BCUT2D eigenvalue weighted by Crippen LogP contribution is 2.20. The van der Waals surface area contributed by atoms with E-state index >= 15 is 0 Å². The molecule has 0 aliphatic carbocycles. The summed E-state index contributed by atoms with van der Waals surface area (Å²) in [5.41, 5.74) is 0.846. The fraction of sp³-hybridized carbons (Fsp3) is 0.500. The third-order valence-electron chi connectivity index (χ3n) is 3.64. The van der Waals surface area contributed by atoms with Gasteiger partial charge in [0.25, 0.3) is 0 Å². The summed E-state index contributed by atoms with van der Waals surface area (Å²) in [5.74, 6) is 0.340. The van der Waals surface area contributed by atoms with Crippen molar-refractivity contribution in [2.24, 2.45) is 5.92 Å². The Morgan fingerprint density at radius 1 is 1.30 bits per heavy atom. The van der Waals surface area contributed by atoms with Crippen molar-refractivity contribution >= 4 is 11.8 Å². The summed E-state index contributed by atoms with van der Waals surface area (Å²) in [5, 5.41) is 2.79. The van der Waals surface area contributed by atoms with E-state index in [4.69, 9.17) is 0 Å². The van der Waals surface area contributed by atoms with Crippen molar-refractivity contribution in [3.8, 4) is 0 Å². The van der Waals surface area contributed by atoms with E-state index in [1.807, 2.05) is 30.3 Å². The Bertz CT molecular complexity index is 473. The van der Waals surface area contributed by atoms with E-state index in [0.717, 1.165) is 18.4 Å². The van der Waals surface area contributed by atoms with E-state index in [1.165, 1.54) is 0 Å². The second-order valence-electron chi connectivity index (χ2n) is 5.52. The number of piperazine rings is 1. The van der Waals surface area contributed by atoms with Gasteiger partial charge in [-0.2, -0.15) is 0 Å². The van der Waals surface area contributed by atoms with Gasteiger partial charge < -0.3 is 10.2 Å². The largest absolute Gasteiger partial charge is 0.339 e. The van der Waals surface area contributed by atoms with Crippen LogP contribution in [0.5, 0.6) is 0 Å². The molecular weight excluding hydrogens is 252 g/mol. The average molecular weight is 274 g/mol. The lowest BCUT2D eigenvalue weighted by Gasteiger charge is -2.34. The molecule has 108 valence electrons. The summed E-state index contributed by atoms with van der Waals surface area (Å²) in [6.45, 7) is 5.09. The molecule has 1 aliphatic rings. The van der Waals surface area contributed by atoms with Crippen LogP contribution < -0.4 is 5.32 Å². The maximum absolute atomic E-state index is 12.5. The molecule has 0 radical (unpaired) electrons. The number of nitrogens with one attached hydrogen (secondary N) is 1. The van der Waals surface area contributed by atoms with Gasteiger partial charge in [-0.05, 0) is 17.9 Å². The molecule has 1 aromatic carbocycles. The van der Waals surface area contributed by atoms with Gasteiger partial charge in [-0.3, -0.25) is 9.59 Å². The number of carbonyl (C=O) groups is 2. The minimum Gasteiger partial charge on any atom is -0.339 e. The minimum absolute atomic E-state index is 0.00115. The molecule has 4 nitrogen and oxygen atoms in total. The number of hydrogen-bond acceptors (Lipinski definition) is 2. The van der Waals surface area contributed by atoms with Crippen molar-refractivity contribution < 1.29 is 9.59 Å². The Kier molecular flexibility index (Phi) is 4.77. The van der Waals surface area contributed by atoms with E-state index in [0.29, 0.717) is 12.5 Å². The number of carbonyl (C=O) groups excluding carboxylic acids is 2. The standard InChI is InChI=1S/C16H22N2O2/c1-3-7-12(2)10-18-11-14(19)17-15(16(18)20)13-8-5-4-6-9-13/h4-6,8-9,12,15H,3,7,10-11H2,1-2H3,(H,17,19). The molecule has 2 unspecified atom stereocenters. The SMILES string of the molecule is CCCC(C)CN1CC(=O)NC(c2ccccc2)C1=O.